The van der Waals surface area contributed by atoms with Crippen molar-refractivity contribution in [3.63, 3.8) is 0 Å². The van der Waals surface area contributed by atoms with Gasteiger partial charge in [0.05, 0.1) is 5.56 Å². The van der Waals surface area contributed by atoms with Crippen LogP contribution in [0.2, 0.25) is 0 Å². The molecule has 6 aromatic rings. The molecule has 0 bridgehead atoms. The van der Waals surface area contributed by atoms with Crippen LogP contribution in [0.25, 0.3) is 11.1 Å². The fourth-order valence-corrected chi connectivity index (χ4v) is 8.45. The molecule has 1 fully saturated rings. The Morgan fingerprint density at radius 3 is 1.98 bits per heavy atom. The summed E-state index contributed by atoms with van der Waals surface area (Å²) in [6.07, 6.45) is 1.79. The molecule has 0 atom stereocenters. The maximum Gasteiger partial charge on any atom is 0.255 e. The Bertz CT molecular complexity index is 2620. The van der Waals surface area contributed by atoms with Crippen molar-refractivity contribution in [1.29, 1.82) is 0 Å². The highest BCUT2D eigenvalue weighted by molar-refractivity contribution is 5.99. The zero-order chi connectivity index (χ0) is 45.2. The molecule has 1 saturated heterocycles. The number of aromatic nitrogens is 1. The molecule has 1 aromatic heterocycles. The molecule has 7 rings (SSSR count). The van der Waals surface area contributed by atoms with Crippen LogP contribution < -0.4 is 30.6 Å². The van der Waals surface area contributed by atoms with Gasteiger partial charge in [-0.3, -0.25) is 14.4 Å². The lowest BCUT2D eigenvalue weighted by atomic mass is 9.94. The van der Waals surface area contributed by atoms with Crippen LogP contribution in [0.5, 0.6) is 11.5 Å². The van der Waals surface area contributed by atoms with E-state index in [2.05, 4.69) is 53.4 Å². The van der Waals surface area contributed by atoms with Crippen molar-refractivity contribution in [3.05, 3.63) is 181 Å². The topological polar surface area (TPSA) is 122 Å². The van der Waals surface area contributed by atoms with E-state index in [1.165, 1.54) is 0 Å². The van der Waals surface area contributed by atoms with E-state index in [0.717, 1.165) is 75.3 Å². The SMILES string of the molecule is CCN(c1cc(-c2cccc(CNC(=O)c3cc(C(C)C)c(OCc4ccccc4)cc3OCc3ccccc3)c2)cc(C(=O)NCc2c(C)cc(C)[nH]c2=O)c1C)C1CCOCC1. The van der Waals surface area contributed by atoms with Crippen LogP contribution in [0, 0.1) is 20.8 Å². The third kappa shape index (κ3) is 11.1. The number of nitrogens with one attached hydrogen (secondary N) is 3. The first-order valence-electron chi connectivity index (χ1n) is 22.3. The van der Waals surface area contributed by atoms with Crippen LogP contribution in [0.1, 0.15) is 105 Å². The first-order valence-corrected chi connectivity index (χ1v) is 22.3. The van der Waals surface area contributed by atoms with Crippen LogP contribution in [0.15, 0.2) is 120 Å². The Hall–Kier alpha value is -6.65. The summed E-state index contributed by atoms with van der Waals surface area (Å²) >= 11 is 0. The van der Waals surface area contributed by atoms with Gasteiger partial charge in [0.2, 0.25) is 0 Å². The number of benzene rings is 5. The van der Waals surface area contributed by atoms with Gasteiger partial charge in [-0.15, -0.1) is 0 Å². The predicted molar refractivity (Wildman–Crippen MR) is 254 cm³/mol. The van der Waals surface area contributed by atoms with Crippen molar-refractivity contribution >= 4 is 17.5 Å². The van der Waals surface area contributed by atoms with Crippen LogP contribution in [-0.4, -0.2) is 42.6 Å². The molecule has 0 unspecified atom stereocenters. The molecule has 0 radical (unpaired) electrons. The molecule has 64 heavy (non-hydrogen) atoms. The van der Waals surface area contributed by atoms with Crippen molar-refractivity contribution in [3.8, 4) is 22.6 Å². The number of amides is 2. The average Bonchev–Trinajstić information content (AvgIpc) is 3.30. The van der Waals surface area contributed by atoms with E-state index in [0.29, 0.717) is 48.0 Å². The zero-order valence-corrected chi connectivity index (χ0v) is 37.9. The lowest BCUT2D eigenvalue weighted by Crippen LogP contribution is -2.40. The summed E-state index contributed by atoms with van der Waals surface area (Å²) in [5.74, 6) is 0.669. The molecule has 10 nitrogen and oxygen atoms in total. The second kappa shape index (κ2) is 21.1. The minimum Gasteiger partial charge on any atom is -0.488 e. The summed E-state index contributed by atoms with van der Waals surface area (Å²) in [5.41, 5.74) is 10.4. The third-order valence-corrected chi connectivity index (χ3v) is 12.0. The molecule has 1 aliphatic rings. The number of carbonyl (C=O) groups is 2. The van der Waals surface area contributed by atoms with Gasteiger partial charge in [0.15, 0.2) is 0 Å². The van der Waals surface area contributed by atoms with E-state index in [1.54, 1.807) is 0 Å². The molecule has 0 saturated carbocycles. The second-order valence-electron chi connectivity index (χ2n) is 16.9. The number of pyridine rings is 1. The minimum absolute atomic E-state index is 0.0769. The number of carbonyl (C=O) groups excluding carboxylic acids is 2. The highest BCUT2D eigenvalue weighted by Crippen LogP contribution is 2.36. The van der Waals surface area contributed by atoms with E-state index in [9.17, 15) is 14.4 Å². The van der Waals surface area contributed by atoms with Crippen LogP contribution in [0.3, 0.4) is 0 Å². The Labute approximate surface area is 377 Å². The Kier molecular flexibility index (Phi) is 15.0. The first kappa shape index (κ1) is 45.4. The normalized spacial score (nSPS) is 12.8. The molecular weight excluding hydrogens is 801 g/mol. The Balaban J connectivity index is 1.17. The fourth-order valence-electron chi connectivity index (χ4n) is 8.45. The molecule has 5 aromatic carbocycles. The molecule has 1 aliphatic heterocycles. The summed E-state index contributed by atoms with van der Waals surface area (Å²) in [4.78, 5) is 46.5. The van der Waals surface area contributed by atoms with Gasteiger partial charge in [-0.2, -0.15) is 0 Å². The lowest BCUT2D eigenvalue weighted by Gasteiger charge is -2.37. The monoisotopic (exact) mass is 860 g/mol. The molecular formula is C54H60N4O6. The van der Waals surface area contributed by atoms with Crippen LogP contribution in [-0.2, 0) is 31.0 Å². The number of ether oxygens (including phenoxy) is 3. The summed E-state index contributed by atoms with van der Waals surface area (Å²) in [7, 11) is 0. The van der Waals surface area contributed by atoms with Crippen molar-refractivity contribution < 1.29 is 23.8 Å². The number of hydrogen-bond donors (Lipinski definition) is 3. The molecule has 2 amide bonds. The number of aryl methyl sites for hydroxylation is 2. The van der Waals surface area contributed by atoms with Gasteiger partial charge in [-0.05, 0) is 121 Å². The smallest absolute Gasteiger partial charge is 0.255 e. The Morgan fingerprint density at radius 1 is 0.719 bits per heavy atom. The van der Waals surface area contributed by atoms with E-state index < -0.39 is 0 Å². The number of aromatic amines is 1. The molecule has 332 valence electrons. The van der Waals surface area contributed by atoms with E-state index in [4.69, 9.17) is 14.2 Å². The lowest BCUT2D eigenvalue weighted by molar-refractivity contribution is 0.0845. The van der Waals surface area contributed by atoms with Crippen LogP contribution >= 0.6 is 0 Å². The number of rotatable bonds is 17. The largest absolute Gasteiger partial charge is 0.488 e. The highest BCUT2D eigenvalue weighted by Gasteiger charge is 2.26. The summed E-state index contributed by atoms with van der Waals surface area (Å²) in [6, 6.07) is 38.0. The van der Waals surface area contributed by atoms with E-state index >= 15 is 0 Å². The van der Waals surface area contributed by atoms with E-state index in [-0.39, 0.29) is 49.0 Å². The summed E-state index contributed by atoms with van der Waals surface area (Å²) in [6.45, 7) is 15.2. The number of H-pyrrole nitrogens is 1. The minimum atomic E-state index is -0.265. The van der Waals surface area contributed by atoms with Gasteiger partial charge in [0, 0.05) is 67.5 Å². The maximum atomic E-state index is 14.2. The van der Waals surface area contributed by atoms with Gasteiger partial charge in [0.25, 0.3) is 17.4 Å². The van der Waals surface area contributed by atoms with Crippen molar-refractivity contribution in [1.82, 2.24) is 15.6 Å². The van der Waals surface area contributed by atoms with E-state index in [1.807, 2.05) is 124 Å². The first-order chi connectivity index (χ1) is 31.0. The molecule has 3 N–H and O–H groups in total. The zero-order valence-electron chi connectivity index (χ0n) is 37.9. The summed E-state index contributed by atoms with van der Waals surface area (Å²) < 4.78 is 18.5. The van der Waals surface area contributed by atoms with Crippen molar-refractivity contribution in [2.75, 3.05) is 24.7 Å². The fraction of sp³-hybridized carbons (Fsp3) is 0.315. The maximum absolute atomic E-state index is 14.2. The average molecular weight is 861 g/mol. The highest BCUT2D eigenvalue weighted by atomic mass is 16.5. The summed E-state index contributed by atoms with van der Waals surface area (Å²) in [5, 5.41) is 6.22. The van der Waals surface area contributed by atoms with Gasteiger partial charge in [-0.25, -0.2) is 0 Å². The number of hydrogen-bond acceptors (Lipinski definition) is 7. The van der Waals surface area contributed by atoms with Gasteiger partial charge >= 0.3 is 0 Å². The van der Waals surface area contributed by atoms with Crippen molar-refractivity contribution in [2.45, 2.75) is 92.6 Å². The predicted octanol–water partition coefficient (Wildman–Crippen LogP) is 10.1. The standard InChI is InChI=1S/C54H60N4O6/c1-7-58(44-21-23-62-24-22-44)49-28-43(27-46(38(49)6)52(59)56-32-48-36(4)25-37(5)57-54(48)61)42-20-14-19-41(26-42)31-55-53(60)47-29-45(35(2)3)50(63-33-39-15-10-8-11-16-39)30-51(47)64-34-40-17-12-9-13-18-40/h8-20,25-30,35,44H,7,21-24,31-34H2,1-6H3,(H,55,60)(H,56,59)(H,57,61). The molecule has 2 heterocycles. The third-order valence-electron chi connectivity index (χ3n) is 12.0. The number of anilines is 1. The molecule has 0 spiro atoms. The van der Waals surface area contributed by atoms with Gasteiger partial charge in [-0.1, -0.05) is 92.7 Å². The van der Waals surface area contributed by atoms with Crippen molar-refractivity contribution in [2.24, 2.45) is 0 Å². The van der Waals surface area contributed by atoms with Crippen LogP contribution in [0.4, 0.5) is 5.69 Å². The molecule has 10 heteroatoms. The van der Waals surface area contributed by atoms with Gasteiger partial charge in [0.1, 0.15) is 24.7 Å². The number of nitrogens with zero attached hydrogens (tertiary/aromatic N) is 1. The Morgan fingerprint density at radius 2 is 1.34 bits per heavy atom. The van der Waals surface area contributed by atoms with Gasteiger partial charge < -0.3 is 34.7 Å². The quantitative estimate of drug-likeness (QED) is 0.0835. The molecule has 0 aliphatic carbocycles. The second-order valence-corrected chi connectivity index (χ2v) is 16.9.